The first-order valence-electron chi connectivity index (χ1n) is 8.45. The van der Waals surface area contributed by atoms with Crippen LogP contribution in [0.25, 0.3) is 0 Å². The van der Waals surface area contributed by atoms with Crippen LogP contribution in [0, 0.1) is 0 Å². The SMILES string of the molecule is COc1ccc(CCNC(=O)Nc2ccccc2CC(=O)N(C)C)cc1. The Morgan fingerprint density at radius 3 is 2.38 bits per heavy atom. The molecule has 2 aromatic rings. The lowest BCUT2D eigenvalue weighted by Crippen LogP contribution is -2.31. The molecule has 0 saturated carbocycles. The summed E-state index contributed by atoms with van der Waals surface area (Å²) < 4.78 is 5.12. The molecule has 26 heavy (non-hydrogen) atoms. The molecule has 6 heteroatoms. The lowest BCUT2D eigenvalue weighted by Gasteiger charge is -2.14. The minimum absolute atomic E-state index is 0.0147. The second kappa shape index (κ2) is 9.46. The molecule has 0 heterocycles. The van der Waals surface area contributed by atoms with E-state index in [1.54, 1.807) is 27.3 Å². The van der Waals surface area contributed by atoms with Crippen molar-refractivity contribution in [1.82, 2.24) is 10.2 Å². The molecule has 138 valence electrons. The van der Waals surface area contributed by atoms with Gasteiger partial charge < -0.3 is 20.3 Å². The van der Waals surface area contributed by atoms with Crippen LogP contribution in [0.3, 0.4) is 0 Å². The highest BCUT2D eigenvalue weighted by molar-refractivity contribution is 5.91. The van der Waals surface area contributed by atoms with Gasteiger partial charge in [0.2, 0.25) is 5.91 Å². The molecule has 0 unspecified atom stereocenters. The lowest BCUT2D eigenvalue weighted by atomic mass is 10.1. The van der Waals surface area contributed by atoms with Crippen molar-refractivity contribution >= 4 is 17.6 Å². The second-order valence-corrected chi connectivity index (χ2v) is 6.10. The minimum Gasteiger partial charge on any atom is -0.497 e. The molecular formula is C20H25N3O3. The zero-order valence-electron chi connectivity index (χ0n) is 15.4. The highest BCUT2D eigenvalue weighted by Gasteiger charge is 2.11. The predicted molar refractivity (Wildman–Crippen MR) is 103 cm³/mol. The monoisotopic (exact) mass is 355 g/mol. The maximum Gasteiger partial charge on any atom is 0.319 e. The van der Waals surface area contributed by atoms with Crippen molar-refractivity contribution in [2.75, 3.05) is 33.1 Å². The molecule has 0 radical (unpaired) electrons. The molecule has 0 saturated heterocycles. The minimum atomic E-state index is -0.289. The fourth-order valence-electron chi connectivity index (χ4n) is 2.40. The number of likely N-dealkylation sites (N-methyl/N-ethyl adjacent to an activating group) is 1. The summed E-state index contributed by atoms with van der Waals surface area (Å²) in [5, 5.41) is 5.65. The number of methoxy groups -OCH3 is 1. The second-order valence-electron chi connectivity index (χ2n) is 6.10. The van der Waals surface area contributed by atoms with E-state index < -0.39 is 0 Å². The van der Waals surface area contributed by atoms with Crippen LogP contribution >= 0.6 is 0 Å². The van der Waals surface area contributed by atoms with E-state index in [0.717, 1.165) is 23.3 Å². The molecule has 0 fully saturated rings. The molecule has 0 atom stereocenters. The van der Waals surface area contributed by atoms with Gasteiger partial charge in [0.1, 0.15) is 5.75 Å². The Bertz CT molecular complexity index is 742. The normalized spacial score (nSPS) is 10.1. The van der Waals surface area contributed by atoms with Gasteiger partial charge in [-0.2, -0.15) is 0 Å². The molecule has 2 aromatic carbocycles. The summed E-state index contributed by atoms with van der Waals surface area (Å²) in [6.07, 6.45) is 0.966. The Hall–Kier alpha value is -3.02. The van der Waals surface area contributed by atoms with Crippen molar-refractivity contribution in [2.45, 2.75) is 12.8 Å². The van der Waals surface area contributed by atoms with Gasteiger partial charge in [-0.05, 0) is 35.7 Å². The first-order chi connectivity index (χ1) is 12.5. The summed E-state index contributed by atoms with van der Waals surface area (Å²) in [7, 11) is 5.05. The zero-order chi connectivity index (χ0) is 18.9. The standard InChI is InChI=1S/C20H25N3O3/c1-23(2)19(24)14-16-6-4-5-7-18(16)22-20(25)21-13-12-15-8-10-17(26-3)11-9-15/h4-11H,12-14H2,1-3H3,(H2,21,22,25). The van der Waals surface area contributed by atoms with Crippen LogP contribution in [0.1, 0.15) is 11.1 Å². The van der Waals surface area contributed by atoms with Crippen LogP contribution in [0.15, 0.2) is 48.5 Å². The number of nitrogens with one attached hydrogen (secondary N) is 2. The third kappa shape index (κ3) is 5.81. The Kier molecular flexibility index (Phi) is 7.02. The summed E-state index contributed by atoms with van der Waals surface area (Å²) in [6, 6.07) is 14.8. The van der Waals surface area contributed by atoms with Gasteiger partial charge in [0.25, 0.3) is 0 Å². The Morgan fingerprint density at radius 1 is 1.04 bits per heavy atom. The quantitative estimate of drug-likeness (QED) is 0.802. The molecule has 3 amide bonds. The highest BCUT2D eigenvalue weighted by Crippen LogP contribution is 2.16. The number of rotatable bonds is 7. The Balaban J connectivity index is 1.86. The topological polar surface area (TPSA) is 70.7 Å². The number of hydrogen-bond acceptors (Lipinski definition) is 3. The maximum absolute atomic E-state index is 12.1. The number of para-hydroxylation sites is 1. The number of amides is 3. The molecule has 0 aliphatic rings. The van der Waals surface area contributed by atoms with E-state index in [1.165, 1.54) is 4.90 Å². The summed E-state index contributed by atoms with van der Waals surface area (Å²) in [4.78, 5) is 25.6. The van der Waals surface area contributed by atoms with Gasteiger partial charge in [-0.25, -0.2) is 4.79 Å². The number of nitrogens with zero attached hydrogens (tertiary/aromatic N) is 1. The summed E-state index contributed by atoms with van der Waals surface area (Å²) >= 11 is 0. The molecule has 0 aliphatic heterocycles. The number of benzene rings is 2. The highest BCUT2D eigenvalue weighted by atomic mass is 16.5. The van der Waals surface area contributed by atoms with Crippen LogP contribution in [0.4, 0.5) is 10.5 Å². The number of hydrogen-bond donors (Lipinski definition) is 2. The van der Waals surface area contributed by atoms with Crippen molar-refractivity contribution in [2.24, 2.45) is 0 Å². The zero-order valence-corrected chi connectivity index (χ0v) is 15.4. The van der Waals surface area contributed by atoms with Gasteiger partial charge in [-0.15, -0.1) is 0 Å². The molecule has 0 aromatic heterocycles. The average molecular weight is 355 g/mol. The molecular weight excluding hydrogens is 330 g/mol. The number of ether oxygens (including phenoxy) is 1. The van der Waals surface area contributed by atoms with Gasteiger partial charge in [-0.1, -0.05) is 30.3 Å². The molecule has 0 bridgehead atoms. The number of carbonyl (C=O) groups is 2. The summed E-state index contributed by atoms with van der Waals surface area (Å²) in [5.41, 5.74) is 2.55. The van der Waals surface area contributed by atoms with E-state index in [0.29, 0.717) is 12.2 Å². The molecule has 2 rings (SSSR count). The summed E-state index contributed by atoms with van der Waals surface area (Å²) in [5.74, 6) is 0.794. The van der Waals surface area contributed by atoms with Crippen LogP contribution in [-0.2, 0) is 17.6 Å². The van der Waals surface area contributed by atoms with Crippen molar-refractivity contribution < 1.29 is 14.3 Å². The van der Waals surface area contributed by atoms with Crippen LogP contribution in [0.5, 0.6) is 5.75 Å². The largest absolute Gasteiger partial charge is 0.497 e. The molecule has 6 nitrogen and oxygen atoms in total. The Labute approximate surface area is 154 Å². The number of carbonyl (C=O) groups excluding carboxylic acids is 2. The lowest BCUT2D eigenvalue weighted by molar-refractivity contribution is -0.127. The predicted octanol–water partition coefficient (Wildman–Crippen LogP) is 2.69. The number of urea groups is 1. The van der Waals surface area contributed by atoms with E-state index in [4.69, 9.17) is 4.74 Å². The fourth-order valence-corrected chi connectivity index (χ4v) is 2.40. The molecule has 2 N–H and O–H groups in total. The van der Waals surface area contributed by atoms with Crippen molar-refractivity contribution in [3.63, 3.8) is 0 Å². The van der Waals surface area contributed by atoms with E-state index >= 15 is 0 Å². The first kappa shape index (κ1) is 19.3. The van der Waals surface area contributed by atoms with Crippen LogP contribution in [-0.4, -0.2) is 44.6 Å². The average Bonchev–Trinajstić information content (AvgIpc) is 2.63. The van der Waals surface area contributed by atoms with Gasteiger partial charge in [0.15, 0.2) is 0 Å². The van der Waals surface area contributed by atoms with Crippen molar-refractivity contribution in [3.05, 3.63) is 59.7 Å². The van der Waals surface area contributed by atoms with Gasteiger partial charge in [0, 0.05) is 26.3 Å². The first-order valence-corrected chi connectivity index (χ1v) is 8.45. The fraction of sp³-hybridized carbons (Fsp3) is 0.300. The smallest absolute Gasteiger partial charge is 0.319 e. The maximum atomic E-state index is 12.1. The van der Waals surface area contributed by atoms with Crippen LogP contribution in [0.2, 0.25) is 0 Å². The third-order valence-electron chi connectivity index (χ3n) is 3.96. The van der Waals surface area contributed by atoms with E-state index in [1.807, 2.05) is 42.5 Å². The van der Waals surface area contributed by atoms with E-state index in [2.05, 4.69) is 10.6 Å². The van der Waals surface area contributed by atoms with Gasteiger partial charge >= 0.3 is 6.03 Å². The van der Waals surface area contributed by atoms with E-state index in [-0.39, 0.29) is 18.4 Å². The molecule has 0 aliphatic carbocycles. The van der Waals surface area contributed by atoms with Gasteiger partial charge in [0.05, 0.1) is 13.5 Å². The van der Waals surface area contributed by atoms with Crippen molar-refractivity contribution in [3.8, 4) is 5.75 Å². The van der Waals surface area contributed by atoms with E-state index in [9.17, 15) is 9.59 Å². The Morgan fingerprint density at radius 2 is 1.73 bits per heavy atom. The van der Waals surface area contributed by atoms with Crippen LogP contribution < -0.4 is 15.4 Å². The summed E-state index contributed by atoms with van der Waals surface area (Å²) in [6.45, 7) is 0.511. The van der Waals surface area contributed by atoms with Crippen molar-refractivity contribution in [1.29, 1.82) is 0 Å². The molecule has 0 spiro atoms. The third-order valence-corrected chi connectivity index (χ3v) is 3.96. The number of anilines is 1. The van der Waals surface area contributed by atoms with Gasteiger partial charge in [-0.3, -0.25) is 4.79 Å².